The molecule has 0 saturated heterocycles. The van der Waals surface area contributed by atoms with E-state index in [9.17, 15) is 10.2 Å². The molecule has 4 aliphatic carbocycles. The van der Waals surface area contributed by atoms with Gasteiger partial charge in [-0.15, -0.1) is 0 Å². The molecule has 0 spiro atoms. The molecule has 0 aliphatic heterocycles. The molecular formula is C19H32O2. The van der Waals surface area contributed by atoms with Gasteiger partial charge in [0, 0.05) is 0 Å². The van der Waals surface area contributed by atoms with Gasteiger partial charge < -0.3 is 10.2 Å². The molecule has 4 fully saturated rings. The van der Waals surface area contributed by atoms with Crippen molar-refractivity contribution in [2.45, 2.75) is 89.8 Å². The van der Waals surface area contributed by atoms with Crippen molar-refractivity contribution in [3.05, 3.63) is 0 Å². The van der Waals surface area contributed by atoms with Gasteiger partial charge in [-0.25, -0.2) is 0 Å². The van der Waals surface area contributed by atoms with Gasteiger partial charge in [-0.05, 0) is 80.0 Å². The molecule has 0 amide bonds. The van der Waals surface area contributed by atoms with Crippen LogP contribution in [0, 0.1) is 28.6 Å². The first kappa shape index (κ1) is 14.5. The first-order chi connectivity index (χ1) is 9.91. The molecule has 120 valence electrons. The summed E-state index contributed by atoms with van der Waals surface area (Å²) < 4.78 is 0. The lowest BCUT2D eigenvalue weighted by Crippen LogP contribution is -2.61. The zero-order chi connectivity index (χ0) is 14.9. The molecule has 21 heavy (non-hydrogen) atoms. The van der Waals surface area contributed by atoms with Gasteiger partial charge in [-0.1, -0.05) is 26.7 Å². The Kier molecular flexibility index (Phi) is 3.09. The Hall–Kier alpha value is -0.0800. The van der Waals surface area contributed by atoms with Crippen molar-refractivity contribution in [3.8, 4) is 0 Å². The smallest absolute Gasteiger partial charge is 0.0703 e. The first-order valence-electron chi connectivity index (χ1n) is 9.31. The zero-order valence-electron chi connectivity index (χ0n) is 13.8. The second-order valence-corrected chi connectivity index (χ2v) is 9.21. The number of aliphatic hydroxyl groups excluding tert-OH is 1. The van der Waals surface area contributed by atoms with Crippen LogP contribution in [0.25, 0.3) is 0 Å². The molecule has 0 heterocycles. The summed E-state index contributed by atoms with van der Waals surface area (Å²) in [6.07, 6.45) is 11.5. The van der Waals surface area contributed by atoms with E-state index < -0.39 is 5.60 Å². The van der Waals surface area contributed by atoms with Crippen LogP contribution >= 0.6 is 0 Å². The minimum Gasteiger partial charge on any atom is -0.393 e. The van der Waals surface area contributed by atoms with Crippen molar-refractivity contribution >= 4 is 0 Å². The van der Waals surface area contributed by atoms with Crippen molar-refractivity contribution in [1.29, 1.82) is 0 Å². The van der Waals surface area contributed by atoms with E-state index in [0.717, 1.165) is 25.2 Å². The summed E-state index contributed by atoms with van der Waals surface area (Å²) in [5.41, 5.74) is -0.0813. The molecule has 0 aromatic rings. The van der Waals surface area contributed by atoms with Crippen LogP contribution in [0.2, 0.25) is 0 Å². The summed E-state index contributed by atoms with van der Waals surface area (Å²) in [6.45, 7) is 4.74. The molecule has 7 atom stereocenters. The number of aliphatic hydroxyl groups is 2. The topological polar surface area (TPSA) is 40.5 Å². The van der Waals surface area contributed by atoms with Crippen molar-refractivity contribution < 1.29 is 10.2 Å². The third-order valence-corrected chi connectivity index (χ3v) is 8.70. The maximum atomic E-state index is 11.3. The number of fused-ring (bicyclic) bond motifs is 5. The van der Waals surface area contributed by atoms with E-state index in [0.29, 0.717) is 11.8 Å². The second-order valence-electron chi connectivity index (χ2n) is 9.21. The minimum atomic E-state index is -0.391. The van der Waals surface area contributed by atoms with E-state index in [-0.39, 0.29) is 16.9 Å². The summed E-state index contributed by atoms with van der Waals surface area (Å²) >= 11 is 0. The van der Waals surface area contributed by atoms with Crippen molar-refractivity contribution in [1.82, 2.24) is 0 Å². The fourth-order valence-corrected chi connectivity index (χ4v) is 7.23. The number of rotatable bonds is 0. The first-order valence-corrected chi connectivity index (χ1v) is 9.31. The van der Waals surface area contributed by atoms with E-state index >= 15 is 0 Å². The van der Waals surface area contributed by atoms with Gasteiger partial charge in [-0.2, -0.15) is 0 Å². The van der Waals surface area contributed by atoms with Gasteiger partial charge in [0.2, 0.25) is 0 Å². The Morgan fingerprint density at radius 2 is 1.57 bits per heavy atom. The van der Waals surface area contributed by atoms with E-state index in [1.165, 1.54) is 44.9 Å². The van der Waals surface area contributed by atoms with Crippen LogP contribution in [-0.2, 0) is 0 Å². The summed E-state index contributed by atoms with van der Waals surface area (Å²) in [6, 6.07) is 0. The van der Waals surface area contributed by atoms with Crippen molar-refractivity contribution in [2.24, 2.45) is 28.6 Å². The summed E-state index contributed by atoms with van der Waals surface area (Å²) in [5, 5.41) is 21.8. The molecule has 0 bridgehead atoms. The average molecular weight is 292 g/mol. The van der Waals surface area contributed by atoms with Crippen molar-refractivity contribution in [3.63, 3.8) is 0 Å². The highest BCUT2D eigenvalue weighted by molar-refractivity contribution is 5.13. The van der Waals surface area contributed by atoms with Crippen LogP contribution in [0.15, 0.2) is 0 Å². The van der Waals surface area contributed by atoms with Crippen LogP contribution in [0.5, 0.6) is 0 Å². The molecule has 1 unspecified atom stereocenters. The largest absolute Gasteiger partial charge is 0.393 e. The maximum Gasteiger partial charge on any atom is 0.0703 e. The van der Waals surface area contributed by atoms with Crippen molar-refractivity contribution in [2.75, 3.05) is 0 Å². The monoisotopic (exact) mass is 292 g/mol. The SMILES string of the molecule is C[C@]12CC[C@H]3[C@@H](CC[C@@]4(O)CCCC[C@]34C)[C@@H]1CCC2O. The minimum absolute atomic E-state index is 0.0802. The number of hydrogen-bond acceptors (Lipinski definition) is 2. The normalized spacial score (nSPS) is 60.0. The van der Waals surface area contributed by atoms with Gasteiger partial charge in [0.05, 0.1) is 11.7 Å². The molecular weight excluding hydrogens is 260 g/mol. The molecule has 2 N–H and O–H groups in total. The van der Waals surface area contributed by atoms with Crippen LogP contribution < -0.4 is 0 Å². The van der Waals surface area contributed by atoms with E-state index in [2.05, 4.69) is 13.8 Å². The third kappa shape index (κ3) is 1.72. The Morgan fingerprint density at radius 1 is 0.810 bits per heavy atom. The Bertz CT molecular complexity index is 435. The lowest BCUT2D eigenvalue weighted by atomic mass is 9.44. The van der Waals surface area contributed by atoms with Crippen LogP contribution in [-0.4, -0.2) is 21.9 Å². The standard InChI is InChI=1S/C19H32O2/c1-17-11-8-15-13(14(17)5-6-16(17)20)7-12-19(21)10-4-3-9-18(15,19)2/h13-16,20-21H,3-12H2,1-2H3/t13-,14-,15-,16?,17-,18+,19-/m0/s1. The van der Waals surface area contributed by atoms with Crippen LogP contribution in [0.1, 0.15) is 78.1 Å². The number of hydrogen-bond donors (Lipinski definition) is 2. The molecule has 0 radical (unpaired) electrons. The Morgan fingerprint density at radius 3 is 2.38 bits per heavy atom. The maximum absolute atomic E-state index is 11.3. The summed E-state index contributed by atoms with van der Waals surface area (Å²) in [4.78, 5) is 0. The lowest BCUT2D eigenvalue weighted by molar-refractivity contribution is -0.206. The molecule has 0 aromatic heterocycles. The summed E-state index contributed by atoms with van der Waals surface area (Å²) in [7, 11) is 0. The highest BCUT2D eigenvalue weighted by atomic mass is 16.3. The molecule has 0 aromatic carbocycles. The van der Waals surface area contributed by atoms with E-state index in [4.69, 9.17) is 0 Å². The highest BCUT2D eigenvalue weighted by Crippen LogP contribution is 2.67. The van der Waals surface area contributed by atoms with Crippen LogP contribution in [0.4, 0.5) is 0 Å². The van der Waals surface area contributed by atoms with Gasteiger partial charge in [0.1, 0.15) is 0 Å². The predicted octanol–water partition coefficient (Wildman–Crippen LogP) is 3.90. The highest BCUT2D eigenvalue weighted by Gasteiger charge is 2.63. The van der Waals surface area contributed by atoms with Crippen LogP contribution in [0.3, 0.4) is 0 Å². The lowest BCUT2D eigenvalue weighted by Gasteiger charge is -2.63. The molecule has 4 aliphatic rings. The molecule has 2 nitrogen and oxygen atoms in total. The molecule has 4 saturated carbocycles. The van der Waals surface area contributed by atoms with E-state index in [1.807, 2.05) is 0 Å². The fraction of sp³-hybridized carbons (Fsp3) is 1.00. The Balaban J connectivity index is 1.68. The van der Waals surface area contributed by atoms with Gasteiger partial charge >= 0.3 is 0 Å². The predicted molar refractivity (Wildman–Crippen MR) is 83.8 cm³/mol. The van der Waals surface area contributed by atoms with Gasteiger partial charge in [0.25, 0.3) is 0 Å². The second kappa shape index (κ2) is 4.47. The average Bonchev–Trinajstić information content (AvgIpc) is 2.76. The van der Waals surface area contributed by atoms with Gasteiger partial charge in [0.15, 0.2) is 0 Å². The quantitative estimate of drug-likeness (QED) is 0.711. The van der Waals surface area contributed by atoms with Gasteiger partial charge in [-0.3, -0.25) is 0 Å². The third-order valence-electron chi connectivity index (χ3n) is 8.70. The zero-order valence-corrected chi connectivity index (χ0v) is 13.8. The molecule has 2 heteroatoms. The summed E-state index contributed by atoms with van der Waals surface area (Å²) in [5.74, 6) is 2.15. The molecule has 4 rings (SSSR count). The Labute approximate surface area is 129 Å². The van der Waals surface area contributed by atoms with E-state index in [1.54, 1.807) is 0 Å². The fourth-order valence-electron chi connectivity index (χ4n) is 7.23.